The Kier molecular flexibility index (Phi) is 1.92. The Balaban J connectivity index is 2.99. The quantitative estimate of drug-likeness (QED) is 0.359. The van der Waals surface area contributed by atoms with Gasteiger partial charge in [0.1, 0.15) is 0 Å². The van der Waals surface area contributed by atoms with Crippen LogP contribution in [0.3, 0.4) is 0 Å². The largest absolute Gasteiger partial charge is 0.491 e. The predicted molar refractivity (Wildman–Crippen MR) is 32.8 cm³/mol. The van der Waals surface area contributed by atoms with Crippen LogP contribution in [0, 0.1) is 10.1 Å². The number of nitro groups is 1. The van der Waals surface area contributed by atoms with Crippen molar-refractivity contribution >= 4 is 17.2 Å². The lowest BCUT2D eigenvalue weighted by atomic mass is 11.1. The first kappa shape index (κ1) is 7.75. The van der Waals surface area contributed by atoms with Crippen LogP contribution >= 0.6 is 0 Å². The molecule has 9 heteroatoms. The van der Waals surface area contributed by atoms with Gasteiger partial charge in [0.05, 0.1) is 0 Å². The summed E-state index contributed by atoms with van der Waals surface area (Å²) < 4.78 is 19.0. The molecule has 1 rings (SSSR count). The molecule has 1 atom stereocenters. The van der Waals surface area contributed by atoms with Crippen LogP contribution in [0.1, 0.15) is 0 Å². The fourth-order valence-corrected chi connectivity index (χ4v) is 0.670. The van der Waals surface area contributed by atoms with E-state index >= 15 is 0 Å². The molecule has 0 fully saturated rings. The maximum absolute atomic E-state index is 10.2. The molecular formula is C2H2N4O4S. The molecule has 8 nitrogen and oxygen atoms in total. The van der Waals surface area contributed by atoms with Crippen LogP contribution < -0.4 is 0 Å². The van der Waals surface area contributed by atoms with Gasteiger partial charge in [-0.15, -0.1) is 0 Å². The fraction of sp³-hybridized carbons (Fsp3) is 0. The van der Waals surface area contributed by atoms with Crippen molar-refractivity contribution in [3.05, 3.63) is 16.4 Å². The van der Waals surface area contributed by atoms with Gasteiger partial charge in [0, 0.05) is 5.10 Å². The fourth-order valence-electron chi connectivity index (χ4n) is 0.400. The van der Waals surface area contributed by atoms with E-state index in [2.05, 4.69) is 10.1 Å². The van der Waals surface area contributed by atoms with Gasteiger partial charge in [0.2, 0.25) is 6.33 Å². The maximum atomic E-state index is 10.2. The molecule has 11 heavy (non-hydrogen) atoms. The Morgan fingerprint density at radius 3 is 2.73 bits per heavy atom. The summed E-state index contributed by atoms with van der Waals surface area (Å²) in [4.78, 5) is 12.2. The molecular weight excluding hydrogens is 176 g/mol. The van der Waals surface area contributed by atoms with Gasteiger partial charge in [0.25, 0.3) is 11.3 Å². The Labute approximate surface area is 62.4 Å². The van der Waals surface area contributed by atoms with E-state index in [0.717, 1.165) is 6.33 Å². The first-order valence-corrected chi connectivity index (χ1v) is 3.35. The molecule has 1 heterocycles. The summed E-state index contributed by atoms with van der Waals surface area (Å²) in [5.41, 5.74) is 0. The third kappa shape index (κ3) is 1.56. The third-order valence-electron chi connectivity index (χ3n) is 0.783. The zero-order valence-corrected chi connectivity index (χ0v) is 5.76. The average Bonchev–Trinajstić information content (AvgIpc) is 2.33. The Bertz CT molecular complexity index is 278. The summed E-state index contributed by atoms with van der Waals surface area (Å²) in [6.07, 6.45) is 0.800. The van der Waals surface area contributed by atoms with Crippen molar-refractivity contribution in [3.63, 3.8) is 0 Å². The van der Waals surface area contributed by atoms with E-state index in [-0.39, 0.29) is 0 Å². The van der Waals surface area contributed by atoms with Gasteiger partial charge >= 0.3 is 5.95 Å². The lowest BCUT2D eigenvalue weighted by Gasteiger charge is -1.83. The van der Waals surface area contributed by atoms with Crippen LogP contribution in [0.15, 0.2) is 6.33 Å². The lowest BCUT2D eigenvalue weighted by Crippen LogP contribution is -2.03. The molecule has 0 saturated carbocycles. The second-order valence-corrected chi connectivity index (χ2v) is 2.27. The van der Waals surface area contributed by atoms with E-state index in [9.17, 15) is 14.3 Å². The van der Waals surface area contributed by atoms with Crippen LogP contribution in [0.4, 0.5) is 5.95 Å². The number of aromatic nitrogens is 3. The highest BCUT2D eigenvalue weighted by Crippen LogP contribution is 1.99. The van der Waals surface area contributed by atoms with Crippen molar-refractivity contribution < 1.29 is 13.7 Å². The van der Waals surface area contributed by atoms with E-state index in [1.54, 1.807) is 0 Å². The SMILES string of the molecule is O=[N+]([O-])c1ncn(S(=O)O)n1. The van der Waals surface area contributed by atoms with Crippen molar-refractivity contribution in [2.24, 2.45) is 0 Å². The van der Waals surface area contributed by atoms with Crippen LogP contribution in [-0.2, 0) is 11.3 Å². The van der Waals surface area contributed by atoms with Crippen LogP contribution in [-0.4, -0.2) is 27.9 Å². The summed E-state index contributed by atoms with van der Waals surface area (Å²) in [7, 11) is 0. The third-order valence-corrected chi connectivity index (χ3v) is 1.28. The van der Waals surface area contributed by atoms with E-state index in [1.165, 1.54) is 0 Å². The van der Waals surface area contributed by atoms with E-state index in [1.807, 2.05) is 0 Å². The standard InChI is InChI=1S/C2H2N4O4S/c7-6(8)2-3-1-5(4-2)11(9)10/h1H,(H,9,10). The minimum Gasteiger partial charge on any atom is -0.390 e. The molecule has 1 aromatic heterocycles. The molecule has 1 unspecified atom stereocenters. The zero-order valence-electron chi connectivity index (χ0n) is 4.95. The van der Waals surface area contributed by atoms with Crippen molar-refractivity contribution in [2.75, 3.05) is 0 Å². The van der Waals surface area contributed by atoms with Crippen LogP contribution in [0.5, 0.6) is 0 Å². The number of hydrogen-bond donors (Lipinski definition) is 1. The molecule has 0 aliphatic carbocycles. The molecule has 0 spiro atoms. The molecule has 0 aliphatic rings. The smallest absolute Gasteiger partial charge is 0.390 e. The molecule has 0 bridgehead atoms. The van der Waals surface area contributed by atoms with E-state index < -0.39 is 22.1 Å². The minimum atomic E-state index is -2.39. The molecule has 0 aromatic carbocycles. The van der Waals surface area contributed by atoms with E-state index in [0.29, 0.717) is 4.09 Å². The van der Waals surface area contributed by atoms with Gasteiger partial charge < -0.3 is 10.1 Å². The van der Waals surface area contributed by atoms with Gasteiger partial charge in [-0.3, -0.25) is 4.55 Å². The molecule has 60 valence electrons. The maximum Gasteiger partial charge on any atom is 0.491 e. The number of nitrogens with zero attached hydrogens (tertiary/aromatic N) is 4. The molecule has 1 aromatic rings. The molecule has 0 radical (unpaired) electrons. The van der Waals surface area contributed by atoms with E-state index in [4.69, 9.17) is 4.55 Å². The van der Waals surface area contributed by atoms with Crippen molar-refractivity contribution in [1.29, 1.82) is 0 Å². The predicted octanol–water partition coefficient (Wildman–Crippen LogP) is -0.829. The number of hydrogen-bond acceptors (Lipinski definition) is 5. The van der Waals surface area contributed by atoms with Gasteiger partial charge in [-0.1, -0.05) is 4.09 Å². The topological polar surface area (TPSA) is 111 Å². The van der Waals surface area contributed by atoms with Gasteiger partial charge in [-0.05, 0) is 9.91 Å². The van der Waals surface area contributed by atoms with Crippen molar-refractivity contribution in [3.8, 4) is 0 Å². The Morgan fingerprint density at radius 1 is 1.82 bits per heavy atom. The molecule has 0 amide bonds. The highest BCUT2D eigenvalue weighted by molar-refractivity contribution is 7.77. The minimum absolute atomic E-state index is 0.470. The van der Waals surface area contributed by atoms with Gasteiger partial charge in [-0.25, -0.2) is 4.21 Å². The number of rotatable bonds is 2. The summed E-state index contributed by atoms with van der Waals surface area (Å²) in [5, 5.41) is 13.0. The Morgan fingerprint density at radius 2 is 2.45 bits per heavy atom. The Hall–Kier alpha value is -1.35. The second-order valence-electron chi connectivity index (χ2n) is 1.43. The monoisotopic (exact) mass is 178 g/mol. The summed E-state index contributed by atoms with van der Waals surface area (Å²) in [6.45, 7) is 0. The van der Waals surface area contributed by atoms with Gasteiger partial charge in [-0.2, -0.15) is 0 Å². The summed E-state index contributed by atoms with van der Waals surface area (Å²) in [5.74, 6) is -0.701. The first-order chi connectivity index (χ1) is 5.11. The molecule has 0 aliphatic heterocycles. The molecule has 0 saturated heterocycles. The second kappa shape index (κ2) is 2.72. The summed E-state index contributed by atoms with van der Waals surface area (Å²) in [6, 6.07) is 0. The summed E-state index contributed by atoms with van der Waals surface area (Å²) >= 11 is -2.39. The average molecular weight is 178 g/mol. The lowest BCUT2D eigenvalue weighted by molar-refractivity contribution is -0.394. The van der Waals surface area contributed by atoms with Crippen molar-refractivity contribution in [1.82, 2.24) is 14.2 Å². The zero-order chi connectivity index (χ0) is 8.43. The van der Waals surface area contributed by atoms with Crippen LogP contribution in [0.25, 0.3) is 0 Å². The van der Waals surface area contributed by atoms with Crippen LogP contribution in [0.2, 0.25) is 0 Å². The normalized spacial score (nSPS) is 12.8. The first-order valence-electron chi connectivity index (χ1n) is 2.28. The highest BCUT2D eigenvalue weighted by atomic mass is 32.2. The molecule has 1 N–H and O–H groups in total. The highest BCUT2D eigenvalue weighted by Gasteiger charge is 2.15. The van der Waals surface area contributed by atoms with Gasteiger partial charge in [0.15, 0.2) is 0 Å². The van der Waals surface area contributed by atoms with Crippen molar-refractivity contribution in [2.45, 2.75) is 0 Å².